The molecule has 3 aromatic rings. The van der Waals surface area contributed by atoms with Crippen LogP contribution in [-0.2, 0) is 29.1 Å². The number of ether oxygens (including phenoxy) is 2. The normalized spacial score (nSPS) is 14.2. The number of hydrogen-bond donors (Lipinski definition) is 2. The summed E-state index contributed by atoms with van der Waals surface area (Å²) < 4.78 is 11.9. The number of aliphatic hydroxyl groups is 2. The van der Waals surface area contributed by atoms with E-state index in [0.29, 0.717) is 19.6 Å². The lowest BCUT2D eigenvalue weighted by molar-refractivity contribution is -0.112. The molecule has 2 N–H and O–H groups in total. The molecule has 0 aromatic heterocycles. The first kappa shape index (κ1) is 22.2. The molecule has 3 atom stereocenters. The molecule has 0 aliphatic heterocycles. The highest BCUT2D eigenvalue weighted by Crippen LogP contribution is 2.20. The molecule has 0 spiro atoms. The Morgan fingerprint density at radius 3 is 1.70 bits per heavy atom. The molecular weight excluding hydrogens is 376 g/mol. The zero-order valence-electron chi connectivity index (χ0n) is 17.1. The van der Waals surface area contributed by atoms with E-state index in [1.807, 2.05) is 91.0 Å². The third-order valence-corrected chi connectivity index (χ3v) is 5.10. The molecule has 0 saturated carbocycles. The molecule has 3 rings (SSSR count). The zero-order valence-corrected chi connectivity index (χ0v) is 17.1. The highest BCUT2D eigenvalue weighted by atomic mass is 16.5. The quantitative estimate of drug-likeness (QED) is 0.477. The Hall–Kier alpha value is -2.50. The van der Waals surface area contributed by atoms with Crippen LogP contribution < -0.4 is 0 Å². The van der Waals surface area contributed by atoms with E-state index in [0.717, 1.165) is 16.7 Å². The summed E-state index contributed by atoms with van der Waals surface area (Å²) in [4.78, 5) is 0. The second-order valence-electron chi connectivity index (χ2n) is 7.46. The van der Waals surface area contributed by atoms with Crippen LogP contribution in [0.2, 0.25) is 0 Å². The fourth-order valence-electron chi connectivity index (χ4n) is 3.50. The van der Waals surface area contributed by atoms with Crippen LogP contribution in [0.1, 0.15) is 16.7 Å². The summed E-state index contributed by atoms with van der Waals surface area (Å²) in [6.07, 6.45) is -0.781. The summed E-state index contributed by atoms with van der Waals surface area (Å²) >= 11 is 0. The number of rotatable bonds is 12. The molecule has 0 aliphatic rings. The van der Waals surface area contributed by atoms with Gasteiger partial charge in [-0.2, -0.15) is 0 Å². The van der Waals surface area contributed by atoms with E-state index in [-0.39, 0.29) is 19.1 Å². The molecule has 0 amide bonds. The Kier molecular flexibility index (Phi) is 9.06. The Labute approximate surface area is 178 Å². The van der Waals surface area contributed by atoms with E-state index in [2.05, 4.69) is 0 Å². The minimum atomic E-state index is -0.849. The molecule has 4 heteroatoms. The largest absolute Gasteiger partial charge is 0.396 e. The van der Waals surface area contributed by atoms with Gasteiger partial charge in [0.05, 0.1) is 25.9 Å². The zero-order chi connectivity index (χ0) is 21.0. The molecule has 0 bridgehead atoms. The van der Waals surface area contributed by atoms with E-state index in [9.17, 15) is 10.2 Å². The minimum absolute atomic E-state index is 0.0793. The van der Waals surface area contributed by atoms with Crippen molar-refractivity contribution in [1.82, 2.24) is 0 Å². The van der Waals surface area contributed by atoms with Crippen molar-refractivity contribution >= 4 is 0 Å². The van der Waals surface area contributed by atoms with E-state index in [1.54, 1.807) is 0 Å². The summed E-state index contributed by atoms with van der Waals surface area (Å²) in [5.41, 5.74) is 3.17. The molecular formula is C26H30O4. The molecule has 3 aromatic carbocycles. The number of aliphatic hydroxyl groups excluding tert-OH is 2. The van der Waals surface area contributed by atoms with Crippen molar-refractivity contribution in [1.29, 1.82) is 0 Å². The fraction of sp³-hybridized carbons (Fsp3) is 0.308. The van der Waals surface area contributed by atoms with Gasteiger partial charge in [-0.25, -0.2) is 0 Å². The lowest BCUT2D eigenvalue weighted by Gasteiger charge is -2.30. The van der Waals surface area contributed by atoms with Gasteiger partial charge in [-0.1, -0.05) is 91.0 Å². The summed E-state index contributed by atoms with van der Waals surface area (Å²) in [5.74, 6) is -0.244. The van der Waals surface area contributed by atoms with Gasteiger partial charge in [0.2, 0.25) is 0 Å². The van der Waals surface area contributed by atoms with Crippen LogP contribution in [0, 0.1) is 5.92 Å². The lowest BCUT2D eigenvalue weighted by atomic mass is 9.91. The molecule has 0 saturated heterocycles. The maximum absolute atomic E-state index is 10.9. The van der Waals surface area contributed by atoms with Crippen molar-refractivity contribution in [2.45, 2.75) is 31.8 Å². The monoisotopic (exact) mass is 406 g/mol. The summed E-state index contributed by atoms with van der Waals surface area (Å²) in [5, 5.41) is 21.0. The van der Waals surface area contributed by atoms with Crippen molar-refractivity contribution in [2.75, 3.05) is 13.2 Å². The smallest absolute Gasteiger partial charge is 0.104 e. The van der Waals surface area contributed by atoms with Crippen LogP contribution in [0.25, 0.3) is 0 Å². The third kappa shape index (κ3) is 7.08. The second-order valence-corrected chi connectivity index (χ2v) is 7.46. The van der Waals surface area contributed by atoms with Crippen LogP contribution >= 0.6 is 0 Å². The van der Waals surface area contributed by atoms with Gasteiger partial charge in [0.25, 0.3) is 0 Å². The van der Waals surface area contributed by atoms with E-state index < -0.39 is 12.2 Å². The average molecular weight is 407 g/mol. The predicted octanol–water partition coefficient (Wildman–Crippen LogP) is 4.00. The molecule has 1 unspecified atom stereocenters. The molecule has 4 nitrogen and oxygen atoms in total. The first-order chi connectivity index (χ1) is 14.8. The van der Waals surface area contributed by atoms with Crippen LogP contribution in [0.5, 0.6) is 0 Å². The van der Waals surface area contributed by atoms with Gasteiger partial charge in [-0.15, -0.1) is 0 Å². The maximum atomic E-state index is 10.9. The van der Waals surface area contributed by atoms with Gasteiger partial charge in [0.1, 0.15) is 6.10 Å². The predicted molar refractivity (Wildman–Crippen MR) is 118 cm³/mol. The average Bonchev–Trinajstić information content (AvgIpc) is 2.80. The highest BCUT2D eigenvalue weighted by Gasteiger charge is 2.29. The number of benzene rings is 3. The topological polar surface area (TPSA) is 58.9 Å². The number of hydrogen-bond acceptors (Lipinski definition) is 4. The Balaban J connectivity index is 1.64. The molecule has 158 valence electrons. The van der Waals surface area contributed by atoms with Crippen molar-refractivity contribution in [2.24, 2.45) is 5.92 Å². The van der Waals surface area contributed by atoms with Gasteiger partial charge in [0, 0.05) is 12.5 Å². The standard InChI is InChI=1S/C26H30O4/c27-17-24(16-21-10-4-1-5-11-21)26(30-19-23-14-8-3-9-15-23)25(28)20-29-18-22-12-6-2-7-13-22/h1-15,24-28H,16-20H2/t24?,25-,26+/m0/s1. The maximum Gasteiger partial charge on any atom is 0.104 e. The lowest BCUT2D eigenvalue weighted by Crippen LogP contribution is -2.41. The van der Waals surface area contributed by atoms with Crippen molar-refractivity contribution in [3.05, 3.63) is 108 Å². The van der Waals surface area contributed by atoms with E-state index in [1.165, 1.54) is 0 Å². The summed E-state index contributed by atoms with van der Waals surface area (Å²) in [7, 11) is 0. The molecule has 0 radical (unpaired) electrons. The van der Waals surface area contributed by atoms with Gasteiger partial charge in [-0.05, 0) is 23.1 Å². The molecule has 0 fully saturated rings. The van der Waals surface area contributed by atoms with Crippen molar-refractivity contribution in [3.63, 3.8) is 0 Å². The fourth-order valence-corrected chi connectivity index (χ4v) is 3.50. The summed E-state index contributed by atoms with van der Waals surface area (Å²) in [6.45, 7) is 0.849. The van der Waals surface area contributed by atoms with E-state index >= 15 is 0 Å². The van der Waals surface area contributed by atoms with Crippen LogP contribution in [0.15, 0.2) is 91.0 Å². The second kappa shape index (κ2) is 12.3. The van der Waals surface area contributed by atoms with Gasteiger partial charge in [-0.3, -0.25) is 0 Å². The van der Waals surface area contributed by atoms with Gasteiger partial charge in [0.15, 0.2) is 0 Å². The Morgan fingerprint density at radius 2 is 1.17 bits per heavy atom. The highest BCUT2D eigenvalue weighted by molar-refractivity contribution is 5.16. The molecule has 0 aliphatic carbocycles. The van der Waals surface area contributed by atoms with Crippen LogP contribution in [0.4, 0.5) is 0 Å². The first-order valence-corrected chi connectivity index (χ1v) is 10.4. The molecule has 30 heavy (non-hydrogen) atoms. The minimum Gasteiger partial charge on any atom is -0.396 e. The van der Waals surface area contributed by atoms with E-state index in [4.69, 9.17) is 9.47 Å². The van der Waals surface area contributed by atoms with Crippen molar-refractivity contribution < 1.29 is 19.7 Å². The van der Waals surface area contributed by atoms with Crippen molar-refractivity contribution in [3.8, 4) is 0 Å². The van der Waals surface area contributed by atoms with Crippen LogP contribution in [0.3, 0.4) is 0 Å². The van der Waals surface area contributed by atoms with Gasteiger partial charge >= 0.3 is 0 Å². The Morgan fingerprint density at radius 1 is 0.667 bits per heavy atom. The SMILES string of the molecule is OCC(Cc1ccccc1)[C@@H](OCc1ccccc1)[C@@H](O)COCc1ccccc1. The third-order valence-electron chi connectivity index (χ3n) is 5.10. The Bertz CT molecular complexity index is 823. The van der Waals surface area contributed by atoms with Gasteiger partial charge < -0.3 is 19.7 Å². The van der Waals surface area contributed by atoms with Crippen LogP contribution in [-0.4, -0.2) is 35.6 Å². The first-order valence-electron chi connectivity index (χ1n) is 10.4. The molecule has 0 heterocycles. The summed E-state index contributed by atoms with van der Waals surface area (Å²) in [6, 6.07) is 29.7.